The second kappa shape index (κ2) is 18.1. The summed E-state index contributed by atoms with van der Waals surface area (Å²) in [6.45, 7) is 0.345. The number of likely N-dealkylation sites (tertiary alicyclic amines) is 1. The van der Waals surface area contributed by atoms with E-state index in [0.29, 0.717) is 18.4 Å². The van der Waals surface area contributed by atoms with Crippen molar-refractivity contribution in [1.82, 2.24) is 31.0 Å². The molecule has 1 aliphatic rings. The maximum Gasteiger partial charge on any atom is 0.339 e. The first-order valence-corrected chi connectivity index (χ1v) is 17.0. The van der Waals surface area contributed by atoms with Gasteiger partial charge in [-0.1, -0.05) is 97.1 Å². The van der Waals surface area contributed by atoms with Crippen LogP contribution in [0, 0.1) is 0 Å². The Bertz CT molecular complexity index is 1760. The third-order valence-electron chi connectivity index (χ3n) is 8.57. The number of pyridine rings is 1. The normalized spacial score (nSPS) is 14.9. The Morgan fingerprint density at radius 3 is 2.04 bits per heavy atom. The zero-order chi connectivity index (χ0) is 36.0. The molecule has 0 radical (unpaired) electrons. The molecular formula is C39H42N6O6. The quantitative estimate of drug-likeness (QED) is 0.147. The Morgan fingerprint density at radius 1 is 0.784 bits per heavy atom. The van der Waals surface area contributed by atoms with E-state index in [2.05, 4.69) is 21.0 Å². The van der Waals surface area contributed by atoms with Crippen molar-refractivity contribution < 1.29 is 29.1 Å². The fraction of sp³-hybridized carbons (Fsp3) is 0.282. The van der Waals surface area contributed by atoms with Crippen molar-refractivity contribution in [3.8, 4) is 0 Å². The summed E-state index contributed by atoms with van der Waals surface area (Å²) in [5.74, 6) is -2.53. The van der Waals surface area contributed by atoms with Crippen molar-refractivity contribution in [2.45, 2.75) is 63.2 Å². The number of carboxylic acids is 1. The Hall–Kier alpha value is -6.04. The predicted octanol–water partition coefficient (Wildman–Crippen LogP) is 3.67. The largest absolute Gasteiger partial charge is 0.481 e. The molecule has 0 saturated carbocycles. The lowest BCUT2D eigenvalue weighted by Gasteiger charge is -2.32. The number of carbonyl (C=O) groups excluding carboxylic acids is 4. The number of amides is 5. The number of rotatable bonds is 14. The molecule has 0 bridgehead atoms. The molecule has 2 heterocycles. The lowest BCUT2D eigenvalue weighted by atomic mass is 10.0. The van der Waals surface area contributed by atoms with Gasteiger partial charge in [0.2, 0.25) is 17.7 Å². The maximum absolute atomic E-state index is 14.1. The summed E-state index contributed by atoms with van der Waals surface area (Å²) in [5, 5.41) is 16.5. The molecule has 1 aliphatic heterocycles. The number of carboxylic acid groups (broad SMARTS) is 1. The number of nitrogens with zero attached hydrogens (tertiary/aromatic N) is 3. The van der Waals surface area contributed by atoms with Crippen molar-refractivity contribution in [2.75, 3.05) is 6.54 Å². The fourth-order valence-corrected chi connectivity index (χ4v) is 6.13. The first-order chi connectivity index (χ1) is 24.7. The van der Waals surface area contributed by atoms with Crippen molar-refractivity contribution in [3.63, 3.8) is 0 Å². The number of carbonyl (C=O) groups is 5. The zero-order valence-corrected chi connectivity index (χ0v) is 28.2. The summed E-state index contributed by atoms with van der Waals surface area (Å²) >= 11 is 0. The van der Waals surface area contributed by atoms with Crippen LogP contribution in [0.4, 0.5) is 4.79 Å². The molecule has 51 heavy (non-hydrogen) atoms. The van der Waals surface area contributed by atoms with Gasteiger partial charge in [0.1, 0.15) is 12.1 Å². The molecule has 3 atom stereocenters. The van der Waals surface area contributed by atoms with E-state index < -0.39 is 41.9 Å². The van der Waals surface area contributed by atoms with E-state index >= 15 is 0 Å². The van der Waals surface area contributed by atoms with Crippen LogP contribution in [0.15, 0.2) is 116 Å². The molecule has 3 aromatic carbocycles. The molecule has 0 unspecified atom stereocenters. The van der Waals surface area contributed by atoms with E-state index in [9.17, 15) is 29.1 Å². The standard InChI is InChI=1S/C39H42N6O6/c46-35(24-29-14-6-2-7-15-29)43-45(27-30-16-8-3-9-17-30)39(51)44-21-11-19-34(44)38(50)42-33(23-31-18-10-20-40-26-31)37(49)41-32(25-36(47)48)22-28-12-4-1-5-13-28/h1-10,12-18,20,26,32-34H,11,19,21-25,27H2,(H,41,49)(H,42,50)(H,43,46)(H,47,48)/t32-,33-,34-/m0/s1. The van der Waals surface area contributed by atoms with Crippen LogP contribution in [-0.2, 0) is 45.0 Å². The second-order valence-electron chi connectivity index (χ2n) is 12.5. The molecule has 1 saturated heterocycles. The van der Waals surface area contributed by atoms with E-state index in [-0.39, 0.29) is 44.7 Å². The summed E-state index contributed by atoms with van der Waals surface area (Å²) < 4.78 is 0. The van der Waals surface area contributed by atoms with Crippen LogP contribution < -0.4 is 16.1 Å². The molecule has 1 fully saturated rings. The van der Waals surface area contributed by atoms with Gasteiger partial charge in [-0.2, -0.15) is 0 Å². The van der Waals surface area contributed by atoms with Crippen molar-refractivity contribution in [3.05, 3.63) is 138 Å². The van der Waals surface area contributed by atoms with E-state index in [0.717, 1.165) is 16.7 Å². The number of urea groups is 1. The summed E-state index contributed by atoms with van der Waals surface area (Å²) in [4.78, 5) is 72.3. The first kappa shape index (κ1) is 36.2. The number of hydrazine groups is 1. The average Bonchev–Trinajstić information content (AvgIpc) is 3.63. The number of aromatic nitrogens is 1. The van der Waals surface area contributed by atoms with Gasteiger partial charge >= 0.3 is 12.0 Å². The molecule has 0 spiro atoms. The topological polar surface area (TPSA) is 161 Å². The third-order valence-corrected chi connectivity index (χ3v) is 8.57. The molecule has 5 rings (SSSR count). The summed E-state index contributed by atoms with van der Waals surface area (Å²) in [7, 11) is 0. The highest BCUT2D eigenvalue weighted by molar-refractivity contribution is 5.93. The lowest BCUT2D eigenvalue weighted by Crippen LogP contribution is -2.58. The molecule has 12 heteroatoms. The number of nitrogens with one attached hydrogen (secondary N) is 3. The van der Waals surface area contributed by atoms with Gasteiger partial charge in [-0.05, 0) is 47.6 Å². The Labute approximate surface area is 296 Å². The Kier molecular flexibility index (Phi) is 12.9. The minimum atomic E-state index is -1.09. The fourth-order valence-electron chi connectivity index (χ4n) is 6.13. The molecule has 5 amide bonds. The number of hydrogen-bond acceptors (Lipinski definition) is 6. The highest BCUT2D eigenvalue weighted by Gasteiger charge is 2.38. The van der Waals surface area contributed by atoms with Crippen molar-refractivity contribution in [1.29, 1.82) is 0 Å². The van der Waals surface area contributed by atoms with Crippen LogP contribution in [-0.4, -0.2) is 74.4 Å². The van der Waals surface area contributed by atoms with Crippen molar-refractivity contribution >= 4 is 29.7 Å². The minimum absolute atomic E-state index is 0.0571. The molecule has 0 aliphatic carbocycles. The van der Waals surface area contributed by atoms with Gasteiger partial charge in [0.15, 0.2) is 0 Å². The molecule has 12 nitrogen and oxygen atoms in total. The molecular weight excluding hydrogens is 648 g/mol. The van der Waals surface area contributed by atoms with Crippen LogP contribution in [0.25, 0.3) is 0 Å². The van der Waals surface area contributed by atoms with Gasteiger partial charge < -0.3 is 20.6 Å². The zero-order valence-electron chi connectivity index (χ0n) is 28.2. The van der Waals surface area contributed by atoms with Crippen LogP contribution in [0.2, 0.25) is 0 Å². The molecule has 4 N–H and O–H groups in total. The SMILES string of the molecule is O=C(O)C[C@H](Cc1ccccc1)NC(=O)[C@H](Cc1cccnc1)NC(=O)[C@@H]1CCCN1C(=O)N(Cc1ccccc1)NC(=O)Cc1ccccc1. The van der Waals surface area contributed by atoms with Crippen LogP contribution >= 0.6 is 0 Å². The van der Waals surface area contributed by atoms with Gasteiger partial charge in [0.05, 0.1) is 19.4 Å². The minimum Gasteiger partial charge on any atom is -0.481 e. The number of aliphatic carboxylic acids is 1. The smallest absolute Gasteiger partial charge is 0.339 e. The summed E-state index contributed by atoms with van der Waals surface area (Å²) in [6, 6.07) is 27.9. The first-order valence-electron chi connectivity index (χ1n) is 17.0. The van der Waals surface area contributed by atoms with Gasteiger partial charge in [-0.25, -0.2) is 9.80 Å². The Morgan fingerprint density at radius 2 is 1.41 bits per heavy atom. The molecule has 4 aromatic rings. The monoisotopic (exact) mass is 690 g/mol. The number of hydrogen-bond donors (Lipinski definition) is 4. The molecule has 1 aromatic heterocycles. The lowest BCUT2D eigenvalue weighted by molar-refractivity contribution is -0.138. The van der Waals surface area contributed by atoms with Gasteiger partial charge in [0, 0.05) is 31.4 Å². The van der Waals surface area contributed by atoms with Crippen LogP contribution in [0.3, 0.4) is 0 Å². The molecule has 264 valence electrons. The summed E-state index contributed by atoms with van der Waals surface area (Å²) in [5.41, 5.74) is 5.86. The highest BCUT2D eigenvalue weighted by atomic mass is 16.4. The second-order valence-corrected chi connectivity index (χ2v) is 12.5. The van der Waals surface area contributed by atoms with Crippen LogP contribution in [0.1, 0.15) is 41.5 Å². The third kappa shape index (κ3) is 11.0. The van der Waals surface area contributed by atoms with E-state index in [4.69, 9.17) is 0 Å². The van der Waals surface area contributed by atoms with Crippen LogP contribution in [0.5, 0.6) is 0 Å². The van der Waals surface area contributed by atoms with Gasteiger partial charge in [-0.15, -0.1) is 0 Å². The maximum atomic E-state index is 14.1. The van der Waals surface area contributed by atoms with E-state index in [1.807, 2.05) is 91.0 Å². The Balaban J connectivity index is 1.32. The van der Waals surface area contributed by atoms with Gasteiger partial charge in [-0.3, -0.25) is 29.6 Å². The number of benzene rings is 3. The van der Waals surface area contributed by atoms with E-state index in [1.165, 1.54) is 9.91 Å². The highest BCUT2D eigenvalue weighted by Crippen LogP contribution is 2.21. The van der Waals surface area contributed by atoms with Gasteiger partial charge in [0.25, 0.3) is 0 Å². The predicted molar refractivity (Wildman–Crippen MR) is 190 cm³/mol. The average molecular weight is 691 g/mol. The van der Waals surface area contributed by atoms with Crippen molar-refractivity contribution in [2.24, 2.45) is 0 Å². The van der Waals surface area contributed by atoms with E-state index in [1.54, 1.807) is 24.5 Å². The summed E-state index contributed by atoms with van der Waals surface area (Å²) in [6.07, 6.45) is 4.20.